The molecule has 3 aliphatic rings. The van der Waals surface area contributed by atoms with Crippen molar-refractivity contribution < 1.29 is 33.8 Å². The van der Waals surface area contributed by atoms with Crippen molar-refractivity contribution in [2.75, 3.05) is 24.6 Å². The zero-order chi connectivity index (χ0) is 36.2. The largest absolute Gasteiger partial charge is 0.455 e. The minimum atomic E-state index is -1.40. The number of hydrogen-bond donors (Lipinski definition) is 2. The molecular weight excluding hydrogens is 726 g/mol. The van der Waals surface area contributed by atoms with Crippen molar-refractivity contribution in [1.82, 2.24) is 10.2 Å². The Kier molecular flexibility index (Phi) is 12.2. The zero-order valence-corrected chi connectivity index (χ0v) is 30.7. The number of ether oxygens (including phenoxy) is 2. The van der Waals surface area contributed by atoms with Gasteiger partial charge in [0.25, 0.3) is 5.91 Å². The Hall–Kier alpha value is -3.51. The molecule has 2 aromatic rings. The van der Waals surface area contributed by atoms with Gasteiger partial charge in [0.2, 0.25) is 11.8 Å². The maximum absolute atomic E-state index is 15.0. The smallest absolute Gasteiger partial charge is 0.313 e. The maximum atomic E-state index is 15.0. The normalized spacial score (nSPS) is 26.9. The molecule has 3 aliphatic heterocycles. The van der Waals surface area contributed by atoms with Crippen molar-refractivity contribution in [3.05, 3.63) is 90.5 Å². The average molecular weight is 771 g/mol. The molecule has 2 N–H and O–H groups in total. The first-order chi connectivity index (χ1) is 24.0. The fourth-order valence-corrected chi connectivity index (χ4v) is 8.86. The molecular formula is C38H45BrClN3O7. The van der Waals surface area contributed by atoms with Gasteiger partial charge in [-0.1, -0.05) is 102 Å². The van der Waals surface area contributed by atoms with E-state index in [0.717, 1.165) is 0 Å². The van der Waals surface area contributed by atoms with Crippen LogP contribution in [0.2, 0.25) is 5.02 Å². The van der Waals surface area contributed by atoms with Gasteiger partial charge in [-0.15, -0.1) is 13.2 Å². The molecule has 12 heteroatoms. The Morgan fingerprint density at radius 1 is 1.18 bits per heavy atom. The second kappa shape index (κ2) is 16.2. The average Bonchev–Trinajstić information content (AvgIpc) is 3.72. The van der Waals surface area contributed by atoms with Gasteiger partial charge in [-0.2, -0.15) is 0 Å². The molecule has 1 spiro atoms. The Bertz CT molecular complexity index is 1590. The van der Waals surface area contributed by atoms with Gasteiger partial charge in [0, 0.05) is 17.8 Å². The van der Waals surface area contributed by atoms with E-state index in [1.165, 1.54) is 9.80 Å². The molecule has 3 amide bonds. The van der Waals surface area contributed by atoms with Crippen molar-refractivity contribution >= 4 is 56.9 Å². The number of allylic oxidation sites excluding steroid dienone is 1. The first-order valence-corrected chi connectivity index (χ1v) is 18.4. The number of esters is 1. The SMILES string of the molecule is C=CCCC(=O)NC[C@H](OC(=O)[C@H]1[C@@H]2O[C@@]3(CC2Br)[C@@H]1C(=O)N([C@@H](CO)[C@@H](C)CC)[C@@H]3C(=O)N(CC=C)c1ccccc1Cl)c1ccccc1. The van der Waals surface area contributed by atoms with E-state index in [1.54, 1.807) is 48.6 Å². The third-order valence-corrected chi connectivity index (χ3v) is 11.5. The predicted octanol–water partition coefficient (Wildman–Crippen LogP) is 5.38. The van der Waals surface area contributed by atoms with E-state index in [0.29, 0.717) is 29.1 Å². The van der Waals surface area contributed by atoms with E-state index < -0.39 is 66.1 Å². The summed E-state index contributed by atoms with van der Waals surface area (Å²) in [6.07, 6.45) is 3.27. The molecule has 3 saturated heterocycles. The number of aliphatic hydroxyl groups excluding tert-OH is 1. The number of nitrogens with one attached hydrogen (secondary N) is 1. The van der Waals surface area contributed by atoms with Crippen LogP contribution in [0, 0.1) is 17.8 Å². The Balaban J connectivity index is 1.54. The molecule has 50 heavy (non-hydrogen) atoms. The number of carbonyl (C=O) groups is 4. The summed E-state index contributed by atoms with van der Waals surface area (Å²) in [5, 5.41) is 13.9. The molecule has 268 valence electrons. The molecule has 5 rings (SSSR count). The third-order valence-electron chi connectivity index (χ3n) is 10.3. The van der Waals surface area contributed by atoms with E-state index in [4.69, 9.17) is 21.1 Å². The first kappa shape index (κ1) is 37.7. The topological polar surface area (TPSA) is 125 Å². The van der Waals surface area contributed by atoms with Crippen molar-refractivity contribution in [3.8, 4) is 0 Å². The third kappa shape index (κ3) is 7.02. The van der Waals surface area contributed by atoms with Crippen LogP contribution < -0.4 is 10.2 Å². The molecule has 3 fully saturated rings. The van der Waals surface area contributed by atoms with Crippen molar-refractivity contribution in [2.45, 2.75) is 74.3 Å². The van der Waals surface area contributed by atoms with E-state index in [1.807, 2.05) is 32.0 Å². The van der Waals surface area contributed by atoms with Gasteiger partial charge in [-0.25, -0.2) is 0 Å². The molecule has 2 aromatic carbocycles. The minimum Gasteiger partial charge on any atom is -0.455 e. The molecule has 0 radical (unpaired) electrons. The lowest BCUT2D eigenvalue weighted by molar-refractivity contribution is -0.161. The Morgan fingerprint density at radius 3 is 2.52 bits per heavy atom. The lowest BCUT2D eigenvalue weighted by Crippen LogP contribution is -2.60. The number of alkyl halides is 1. The summed E-state index contributed by atoms with van der Waals surface area (Å²) in [5.74, 6) is -4.08. The fourth-order valence-electron chi connectivity index (χ4n) is 7.68. The van der Waals surface area contributed by atoms with Crippen LogP contribution in [-0.2, 0) is 28.7 Å². The first-order valence-electron chi connectivity index (χ1n) is 17.1. The van der Waals surface area contributed by atoms with Gasteiger partial charge in [0.15, 0.2) is 0 Å². The highest BCUT2D eigenvalue weighted by Crippen LogP contribution is 2.61. The van der Waals surface area contributed by atoms with Crippen molar-refractivity contribution in [1.29, 1.82) is 0 Å². The molecule has 10 nitrogen and oxygen atoms in total. The van der Waals surface area contributed by atoms with Crippen LogP contribution >= 0.6 is 27.5 Å². The number of hydrogen-bond acceptors (Lipinski definition) is 7. The van der Waals surface area contributed by atoms with Gasteiger partial charge >= 0.3 is 5.97 Å². The number of para-hydroxylation sites is 1. The number of anilines is 1. The van der Waals surface area contributed by atoms with Crippen LogP contribution in [0.25, 0.3) is 0 Å². The fraction of sp³-hybridized carbons (Fsp3) is 0.474. The molecule has 0 aromatic heterocycles. The number of fused-ring (bicyclic) bond motifs is 1. The number of aliphatic hydroxyl groups is 1. The van der Waals surface area contributed by atoms with Gasteiger partial charge in [-0.3, -0.25) is 19.2 Å². The monoisotopic (exact) mass is 769 g/mol. The van der Waals surface area contributed by atoms with Crippen molar-refractivity contribution in [3.63, 3.8) is 0 Å². The summed E-state index contributed by atoms with van der Waals surface area (Å²) >= 11 is 10.3. The van der Waals surface area contributed by atoms with Gasteiger partial charge in [0.05, 0.1) is 47.8 Å². The van der Waals surface area contributed by atoms with Crippen LogP contribution in [0.4, 0.5) is 5.69 Å². The van der Waals surface area contributed by atoms with E-state index in [-0.39, 0.29) is 42.6 Å². The highest BCUT2D eigenvalue weighted by atomic mass is 79.9. The molecule has 0 aliphatic carbocycles. The quantitative estimate of drug-likeness (QED) is 0.134. The molecule has 1 unspecified atom stereocenters. The van der Waals surface area contributed by atoms with Gasteiger partial charge < -0.3 is 29.7 Å². The summed E-state index contributed by atoms with van der Waals surface area (Å²) in [6.45, 7) is 11.1. The van der Waals surface area contributed by atoms with Gasteiger partial charge in [-0.05, 0) is 36.5 Å². The van der Waals surface area contributed by atoms with Crippen LogP contribution in [0.5, 0.6) is 0 Å². The summed E-state index contributed by atoms with van der Waals surface area (Å²) in [4.78, 5) is 59.2. The maximum Gasteiger partial charge on any atom is 0.313 e. The lowest BCUT2D eigenvalue weighted by atomic mass is 9.70. The number of likely N-dealkylation sites (tertiary alicyclic amines) is 1. The highest BCUT2D eigenvalue weighted by molar-refractivity contribution is 9.09. The lowest BCUT2D eigenvalue weighted by Gasteiger charge is -2.41. The molecule has 3 heterocycles. The zero-order valence-electron chi connectivity index (χ0n) is 28.4. The predicted molar refractivity (Wildman–Crippen MR) is 195 cm³/mol. The number of nitrogens with zero attached hydrogens (tertiary/aromatic N) is 2. The van der Waals surface area contributed by atoms with Crippen LogP contribution in [0.1, 0.15) is 51.2 Å². The summed E-state index contributed by atoms with van der Waals surface area (Å²) in [5.41, 5.74) is -0.294. The van der Waals surface area contributed by atoms with Crippen LogP contribution in [-0.4, -0.2) is 82.0 Å². The van der Waals surface area contributed by atoms with Crippen LogP contribution in [0.3, 0.4) is 0 Å². The standard InChI is InChI=1S/C38H45BrClN3O7/c1-5-8-18-30(45)41-21-29(24-14-10-9-11-15-24)49-37(48)31-32-35(46)43(28(22-44)23(4)7-3)34(38(32)20-25(39)33(31)50-38)36(47)42(19-6-2)27-17-13-12-16-26(27)40/h5-6,9-17,23,25,28-29,31-34,44H,1-2,7-8,18-22H2,3-4H3,(H,41,45)/t23-,25?,28-,29-,31+,32-,33+,34+,38-/m0/s1. The molecule has 2 bridgehead atoms. The summed E-state index contributed by atoms with van der Waals surface area (Å²) in [6, 6.07) is 14.1. The number of amides is 3. The van der Waals surface area contributed by atoms with Gasteiger partial charge in [0.1, 0.15) is 17.7 Å². The summed E-state index contributed by atoms with van der Waals surface area (Å²) in [7, 11) is 0. The number of benzene rings is 2. The van der Waals surface area contributed by atoms with E-state index in [9.17, 15) is 24.3 Å². The Labute approximate surface area is 306 Å². The second-order valence-corrected chi connectivity index (χ2v) is 14.8. The number of carbonyl (C=O) groups excluding carboxylic acids is 4. The molecule has 9 atom stereocenters. The molecule has 0 saturated carbocycles. The van der Waals surface area contributed by atoms with E-state index >= 15 is 0 Å². The summed E-state index contributed by atoms with van der Waals surface area (Å²) < 4.78 is 12.9. The van der Waals surface area contributed by atoms with Crippen LogP contribution in [0.15, 0.2) is 79.9 Å². The Morgan fingerprint density at radius 2 is 1.88 bits per heavy atom. The minimum absolute atomic E-state index is 0.0215. The highest BCUT2D eigenvalue weighted by Gasteiger charge is 2.78. The van der Waals surface area contributed by atoms with Crippen molar-refractivity contribution in [2.24, 2.45) is 17.8 Å². The number of rotatable bonds is 16. The van der Waals surface area contributed by atoms with E-state index in [2.05, 4.69) is 34.4 Å². The second-order valence-electron chi connectivity index (χ2n) is 13.2. The number of halogens is 2.